The van der Waals surface area contributed by atoms with Crippen LogP contribution in [0.3, 0.4) is 0 Å². The Balaban J connectivity index is 2.25. The summed E-state index contributed by atoms with van der Waals surface area (Å²) in [5, 5.41) is 4.34. The fourth-order valence-electron chi connectivity index (χ4n) is 1.93. The van der Waals surface area contributed by atoms with Gasteiger partial charge in [-0.2, -0.15) is 14.6 Å². The smallest absolute Gasteiger partial charge is 0.227 e. The fraction of sp³-hybridized carbons (Fsp3) is 0.231. The third-order valence-electron chi connectivity index (χ3n) is 2.94. The van der Waals surface area contributed by atoms with E-state index in [2.05, 4.69) is 20.1 Å². The lowest BCUT2D eigenvalue weighted by Crippen LogP contribution is -2.01. The van der Waals surface area contributed by atoms with E-state index in [0.29, 0.717) is 17.0 Å². The van der Waals surface area contributed by atoms with Gasteiger partial charge in [0.05, 0.1) is 12.4 Å². The maximum Gasteiger partial charge on any atom is 0.227 e. The van der Waals surface area contributed by atoms with Crippen LogP contribution in [0.15, 0.2) is 24.7 Å². The summed E-state index contributed by atoms with van der Waals surface area (Å²) in [4.78, 5) is 12.4. The molecule has 0 aliphatic heterocycles. The van der Waals surface area contributed by atoms with Crippen molar-refractivity contribution >= 4 is 17.2 Å². The van der Waals surface area contributed by atoms with Crippen LogP contribution >= 0.6 is 11.6 Å². The normalized spacial score (nSPS) is 11.4. The first-order valence-electron chi connectivity index (χ1n) is 6.08. The van der Waals surface area contributed by atoms with Gasteiger partial charge in [0.25, 0.3) is 0 Å². The molecule has 0 aliphatic carbocycles. The molecular weight excluding hydrogens is 281 g/mol. The number of pyridine rings is 1. The van der Waals surface area contributed by atoms with Crippen molar-refractivity contribution in [3.8, 4) is 11.4 Å². The van der Waals surface area contributed by atoms with Gasteiger partial charge in [0.2, 0.25) is 5.28 Å². The van der Waals surface area contributed by atoms with Crippen LogP contribution in [0, 0.1) is 5.82 Å². The van der Waals surface area contributed by atoms with Crippen LogP contribution in [0.25, 0.3) is 17.0 Å². The average molecular weight is 292 g/mol. The second-order valence-corrected chi connectivity index (χ2v) is 5.04. The van der Waals surface area contributed by atoms with Gasteiger partial charge >= 0.3 is 0 Å². The van der Waals surface area contributed by atoms with Crippen LogP contribution in [0.5, 0.6) is 0 Å². The van der Waals surface area contributed by atoms with Gasteiger partial charge in [0.1, 0.15) is 5.82 Å². The first kappa shape index (κ1) is 12.9. The second-order valence-electron chi connectivity index (χ2n) is 4.70. The Morgan fingerprint density at radius 3 is 2.70 bits per heavy atom. The summed E-state index contributed by atoms with van der Waals surface area (Å²) < 4.78 is 14.7. The fourth-order valence-corrected chi connectivity index (χ4v) is 2.14. The Labute approximate surface area is 119 Å². The summed E-state index contributed by atoms with van der Waals surface area (Å²) in [7, 11) is 0. The minimum Gasteiger partial charge on any atom is -0.261 e. The van der Waals surface area contributed by atoms with Gasteiger partial charge in [-0.3, -0.25) is 4.98 Å². The summed E-state index contributed by atoms with van der Waals surface area (Å²) in [5.74, 6) is 0.133. The van der Waals surface area contributed by atoms with Gasteiger partial charge in [0, 0.05) is 17.3 Å². The van der Waals surface area contributed by atoms with E-state index in [0.717, 1.165) is 11.8 Å². The van der Waals surface area contributed by atoms with Crippen molar-refractivity contribution in [3.63, 3.8) is 0 Å². The summed E-state index contributed by atoms with van der Waals surface area (Å²) >= 11 is 6.11. The van der Waals surface area contributed by atoms with Crippen LogP contribution in [0.1, 0.15) is 25.3 Å². The van der Waals surface area contributed by atoms with Crippen molar-refractivity contribution in [2.45, 2.75) is 19.8 Å². The summed E-state index contributed by atoms with van der Waals surface area (Å²) in [6.45, 7) is 4.08. The molecule has 0 atom stereocenters. The first-order valence-corrected chi connectivity index (χ1v) is 6.46. The molecule has 3 rings (SSSR count). The largest absolute Gasteiger partial charge is 0.261 e. The van der Waals surface area contributed by atoms with Gasteiger partial charge in [-0.05, 0) is 23.6 Å². The lowest BCUT2D eigenvalue weighted by molar-refractivity contribution is 0.622. The molecule has 3 aromatic rings. The highest BCUT2D eigenvalue weighted by Crippen LogP contribution is 2.24. The van der Waals surface area contributed by atoms with Gasteiger partial charge in [0.15, 0.2) is 11.5 Å². The number of fused-ring (bicyclic) bond motifs is 1. The highest BCUT2D eigenvalue weighted by atomic mass is 35.5. The molecule has 0 amide bonds. The highest BCUT2D eigenvalue weighted by molar-refractivity contribution is 6.28. The molecule has 0 saturated carbocycles. The van der Waals surface area contributed by atoms with E-state index >= 15 is 0 Å². The number of nitrogens with zero attached hydrogens (tertiary/aromatic N) is 5. The molecule has 0 saturated heterocycles. The summed E-state index contributed by atoms with van der Waals surface area (Å²) in [6, 6.07) is 1.32. The summed E-state index contributed by atoms with van der Waals surface area (Å²) in [6.07, 6.45) is 4.34. The standard InChI is InChI=1S/C13H11ClFN5/c1-7(2)10-6-17-20-12(10)18-11(19-13(20)14)8-3-9(15)5-16-4-8/h3-7H,1-2H3. The molecule has 0 fully saturated rings. The van der Waals surface area contributed by atoms with E-state index < -0.39 is 5.82 Å². The van der Waals surface area contributed by atoms with Crippen LogP contribution in [0.2, 0.25) is 5.28 Å². The van der Waals surface area contributed by atoms with E-state index in [1.165, 1.54) is 16.8 Å². The molecule has 3 aromatic heterocycles. The Morgan fingerprint density at radius 2 is 2.00 bits per heavy atom. The van der Waals surface area contributed by atoms with Crippen LogP contribution in [-0.4, -0.2) is 24.6 Å². The lowest BCUT2D eigenvalue weighted by atomic mass is 10.1. The Bertz CT molecular complexity index is 784. The monoisotopic (exact) mass is 291 g/mol. The molecule has 0 unspecified atom stereocenters. The quantitative estimate of drug-likeness (QED) is 0.728. The zero-order valence-corrected chi connectivity index (χ0v) is 11.6. The third kappa shape index (κ3) is 2.12. The van der Waals surface area contributed by atoms with Crippen molar-refractivity contribution in [1.29, 1.82) is 0 Å². The SMILES string of the molecule is CC(C)c1cnn2c(Cl)nc(-c3cncc(F)c3)nc12. The topological polar surface area (TPSA) is 56.0 Å². The third-order valence-corrected chi connectivity index (χ3v) is 3.19. The minimum atomic E-state index is -0.445. The molecule has 0 aliphatic rings. The second kappa shape index (κ2) is 4.79. The van der Waals surface area contributed by atoms with Crippen LogP contribution in [-0.2, 0) is 0 Å². The maximum atomic E-state index is 13.2. The zero-order valence-electron chi connectivity index (χ0n) is 10.9. The van der Waals surface area contributed by atoms with Crippen molar-refractivity contribution in [2.75, 3.05) is 0 Å². The Kier molecular flexibility index (Phi) is 3.10. The Hall–Kier alpha value is -2.08. The molecular formula is C13H11ClFN5. The lowest BCUT2D eigenvalue weighted by Gasteiger charge is -2.05. The number of aromatic nitrogens is 5. The number of hydrogen-bond donors (Lipinski definition) is 0. The molecule has 0 N–H and O–H groups in total. The summed E-state index contributed by atoms with van der Waals surface area (Å²) in [5.41, 5.74) is 2.06. The first-order chi connectivity index (χ1) is 9.56. The van der Waals surface area contributed by atoms with Crippen LogP contribution in [0.4, 0.5) is 4.39 Å². The molecule has 0 bridgehead atoms. The van der Waals surface area contributed by atoms with Gasteiger partial charge < -0.3 is 0 Å². The van der Waals surface area contributed by atoms with Gasteiger partial charge in [-0.1, -0.05) is 13.8 Å². The predicted molar refractivity (Wildman–Crippen MR) is 73.1 cm³/mol. The van der Waals surface area contributed by atoms with E-state index in [-0.39, 0.29) is 11.2 Å². The molecule has 0 radical (unpaired) electrons. The number of rotatable bonds is 2. The molecule has 3 heterocycles. The maximum absolute atomic E-state index is 13.2. The van der Waals surface area contributed by atoms with Crippen LogP contribution < -0.4 is 0 Å². The molecule has 20 heavy (non-hydrogen) atoms. The van der Waals surface area contributed by atoms with E-state index in [9.17, 15) is 4.39 Å². The minimum absolute atomic E-state index is 0.182. The average Bonchev–Trinajstić information content (AvgIpc) is 2.83. The van der Waals surface area contributed by atoms with Crippen molar-refractivity contribution in [3.05, 3.63) is 41.3 Å². The predicted octanol–water partition coefficient (Wildman–Crippen LogP) is 3.10. The van der Waals surface area contributed by atoms with E-state index in [4.69, 9.17) is 11.6 Å². The van der Waals surface area contributed by atoms with Crippen molar-refractivity contribution in [2.24, 2.45) is 0 Å². The molecule has 5 nitrogen and oxygen atoms in total. The van der Waals surface area contributed by atoms with Crippen molar-refractivity contribution < 1.29 is 4.39 Å². The molecule has 0 spiro atoms. The number of hydrogen-bond acceptors (Lipinski definition) is 4. The number of halogens is 2. The van der Waals surface area contributed by atoms with E-state index in [1.807, 2.05) is 13.8 Å². The molecule has 7 heteroatoms. The van der Waals surface area contributed by atoms with Gasteiger partial charge in [-0.25, -0.2) is 9.37 Å². The Morgan fingerprint density at radius 1 is 1.20 bits per heavy atom. The van der Waals surface area contributed by atoms with Crippen molar-refractivity contribution in [1.82, 2.24) is 24.6 Å². The van der Waals surface area contributed by atoms with E-state index in [1.54, 1.807) is 6.20 Å². The molecule has 102 valence electrons. The zero-order chi connectivity index (χ0) is 14.3. The molecule has 0 aromatic carbocycles. The van der Waals surface area contributed by atoms with Gasteiger partial charge in [-0.15, -0.1) is 0 Å². The highest BCUT2D eigenvalue weighted by Gasteiger charge is 2.15.